The number of furan rings is 1. The van der Waals surface area contributed by atoms with Crippen LogP contribution in [0.1, 0.15) is 46.5 Å². The molecule has 174 valence electrons. The molecule has 1 aromatic heterocycles. The van der Waals surface area contributed by atoms with Gasteiger partial charge in [0.15, 0.2) is 5.76 Å². The monoisotopic (exact) mass is 457 g/mol. The number of carbonyl (C=O) groups excluding carboxylic acids is 1. The summed E-state index contributed by atoms with van der Waals surface area (Å²) in [6.45, 7) is 3.21. The van der Waals surface area contributed by atoms with Crippen molar-refractivity contribution in [2.45, 2.75) is 25.8 Å². The van der Waals surface area contributed by atoms with E-state index in [1.54, 1.807) is 37.6 Å². The molecule has 3 aromatic rings. The van der Waals surface area contributed by atoms with Crippen molar-refractivity contribution in [1.29, 1.82) is 0 Å². The van der Waals surface area contributed by atoms with Crippen LogP contribution in [0.5, 0.6) is 0 Å². The molecule has 1 amide bonds. The molecule has 1 saturated heterocycles. The third kappa shape index (κ3) is 4.22. The molecule has 0 saturated carbocycles. The van der Waals surface area contributed by atoms with Crippen molar-refractivity contribution < 1.29 is 19.1 Å². The van der Waals surface area contributed by atoms with Gasteiger partial charge in [-0.3, -0.25) is 9.69 Å². The Morgan fingerprint density at radius 2 is 1.82 bits per heavy atom. The summed E-state index contributed by atoms with van der Waals surface area (Å²) in [5, 5.41) is 12.9. The zero-order chi connectivity index (χ0) is 23.7. The summed E-state index contributed by atoms with van der Waals surface area (Å²) < 4.78 is 5.67. The van der Waals surface area contributed by atoms with Gasteiger partial charge in [0.2, 0.25) is 0 Å². The summed E-state index contributed by atoms with van der Waals surface area (Å²) in [6.07, 6.45) is 5.38. The second-order valence-corrected chi connectivity index (χ2v) is 8.79. The Balaban J connectivity index is 1.51. The van der Waals surface area contributed by atoms with Crippen LogP contribution in [0.25, 0.3) is 11.3 Å². The summed E-state index contributed by atoms with van der Waals surface area (Å²) in [5.74, 6) is -0.762. The van der Waals surface area contributed by atoms with Gasteiger partial charge in [0.25, 0.3) is 5.91 Å². The number of piperidine rings is 1. The molecule has 0 bridgehead atoms. The average Bonchev–Trinajstić information content (AvgIpc) is 3.47. The topological polar surface area (TPSA) is 86.0 Å². The van der Waals surface area contributed by atoms with Crippen LogP contribution in [-0.4, -0.2) is 42.0 Å². The van der Waals surface area contributed by atoms with E-state index in [9.17, 15) is 14.7 Å². The second-order valence-electron chi connectivity index (χ2n) is 8.79. The predicted molar refractivity (Wildman–Crippen MR) is 132 cm³/mol. The minimum absolute atomic E-state index is 0.125. The molecule has 2 aromatic carbocycles. The van der Waals surface area contributed by atoms with Gasteiger partial charge in [0.1, 0.15) is 0 Å². The van der Waals surface area contributed by atoms with Crippen molar-refractivity contribution >= 4 is 34.5 Å². The number of nitrogens with one attached hydrogen (secondary N) is 1. The Labute approximate surface area is 198 Å². The van der Waals surface area contributed by atoms with Crippen LogP contribution in [0.3, 0.4) is 0 Å². The highest BCUT2D eigenvalue weighted by Crippen LogP contribution is 2.41. The Hall–Kier alpha value is -3.84. The molecule has 7 nitrogen and oxygen atoms in total. The fourth-order valence-electron chi connectivity index (χ4n) is 4.68. The summed E-state index contributed by atoms with van der Waals surface area (Å²) in [6, 6.07) is 16.5. The number of likely N-dealkylation sites (tertiary alicyclic amines) is 1. The maximum atomic E-state index is 13.3. The predicted octanol–water partition coefficient (Wildman–Crippen LogP) is 4.92. The molecule has 0 atom stereocenters. The van der Waals surface area contributed by atoms with E-state index in [1.807, 2.05) is 12.1 Å². The highest BCUT2D eigenvalue weighted by atomic mass is 16.4. The van der Waals surface area contributed by atoms with E-state index < -0.39 is 5.97 Å². The number of aromatic carboxylic acids is 1. The highest BCUT2D eigenvalue weighted by molar-refractivity contribution is 6.38. The normalized spacial score (nSPS) is 17.6. The number of carboxylic acids is 1. The lowest BCUT2D eigenvalue weighted by molar-refractivity contribution is -0.112. The van der Waals surface area contributed by atoms with Gasteiger partial charge in [-0.2, -0.15) is 0 Å². The zero-order valence-corrected chi connectivity index (χ0v) is 19.1. The van der Waals surface area contributed by atoms with Crippen LogP contribution in [0, 0.1) is 0 Å². The molecule has 2 N–H and O–H groups in total. The largest absolute Gasteiger partial charge is 0.478 e. The van der Waals surface area contributed by atoms with Crippen molar-refractivity contribution in [3.05, 3.63) is 83.3 Å². The SMILES string of the molecule is CN1C(=O)C(=C(Nc2ccc(CN3CCCCC3)cc2)c2ccco2)c2cc(C(=O)O)ccc21. The van der Waals surface area contributed by atoms with Gasteiger partial charge in [0, 0.05) is 24.8 Å². The van der Waals surface area contributed by atoms with Gasteiger partial charge in [-0.05, 0) is 74.0 Å². The van der Waals surface area contributed by atoms with Crippen molar-refractivity contribution in [1.82, 2.24) is 4.90 Å². The second kappa shape index (κ2) is 9.19. The van der Waals surface area contributed by atoms with E-state index in [0.29, 0.717) is 28.3 Å². The first-order chi connectivity index (χ1) is 16.5. The van der Waals surface area contributed by atoms with Gasteiger partial charge < -0.3 is 19.7 Å². The molecule has 5 rings (SSSR count). The molecule has 0 unspecified atom stereocenters. The number of anilines is 2. The smallest absolute Gasteiger partial charge is 0.335 e. The minimum atomic E-state index is -1.04. The first-order valence-corrected chi connectivity index (χ1v) is 11.5. The number of rotatable bonds is 6. The van der Waals surface area contributed by atoms with Crippen molar-refractivity contribution in [2.75, 3.05) is 30.4 Å². The minimum Gasteiger partial charge on any atom is -0.478 e. The van der Waals surface area contributed by atoms with Crippen molar-refractivity contribution in [3.63, 3.8) is 0 Å². The number of benzene rings is 2. The van der Waals surface area contributed by atoms with Gasteiger partial charge >= 0.3 is 5.97 Å². The number of hydrogen-bond donors (Lipinski definition) is 2. The van der Waals surface area contributed by atoms with Crippen LogP contribution in [0.15, 0.2) is 65.3 Å². The molecular formula is C27H27N3O4. The van der Waals surface area contributed by atoms with Crippen LogP contribution >= 0.6 is 0 Å². The highest BCUT2D eigenvalue weighted by Gasteiger charge is 2.34. The number of carboxylic acid groups (broad SMARTS) is 1. The summed E-state index contributed by atoms with van der Waals surface area (Å²) in [4.78, 5) is 28.9. The zero-order valence-electron chi connectivity index (χ0n) is 19.1. The lowest BCUT2D eigenvalue weighted by Crippen LogP contribution is -2.29. The van der Waals surface area contributed by atoms with E-state index in [-0.39, 0.29) is 11.5 Å². The number of hydrogen-bond acceptors (Lipinski definition) is 5. The van der Waals surface area contributed by atoms with E-state index in [4.69, 9.17) is 4.42 Å². The van der Waals surface area contributed by atoms with Crippen LogP contribution in [0.2, 0.25) is 0 Å². The standard InChI is InChI=1S/C27H27N3O4/c1-29-22-12-9-19(27(32)33)16-21(22)24(26(29)31)25(23-6-5-15-34-23)28-20-10-7-18(8-11-20)17-30-13-3-2-4-14-30/h5-12,15-16,28H,2-4,13-14,17H2,1H3,(H,32,33). The van der Waals surface area contributed by atoms with E-state index in [1.165, 1.54) is 35.8 Å². The maximum Gasteiger partial charge on any atom is 0.335 e. The fourth-order valence-corrected chi connectivity index (χ4v) is 4.68. The van der Waals surface area contributed by atoms with E-state index in [2.05, 4.69) is 22.3 Å². The molecule has 7 heteroatoms. The molecule has 1 fully saturated rings. The van der Waals surface area contributed by atoms with Gasteiger partial charge in [0.05, 0.1) is 28.8 Å². The lowest BCUT2D eigenvalue weighted by atomic mass is 10.0. The van der Waals surface area contributed by atoms with Crippen LogP contribution in [-0.2, 0) is 11.3 Å². The first kappa shape index (κ1) is 22.0. The molecule has 0 aliphatic carbocycles. The van der Waals surface area contributed by atoms with Crippen molar-refractivity contribution in [3.8, 4) is 0 Å². The quantitative estimate of drug-likeness (QED) is 0.511. The number of amides is 1. The van der Waals surface area contributed by atoms with Crippen LogP contribution < -0.4 is 10.2 Å². The lowest BCUT2D eigenvalue weighted by Gasteiger charge is -2.26. The Kier molecular flexibility index (Phi) is 5.94. The summed E-state index contributed by atoms with van der Waals surface area (Å²) in [7, 11) is 1.68. The molecule has 0 spiro atoms. The third-order valence-corrected chi connectivity index (χ3v) is 6.49. The average molecular weight is 458 g/mol. The Morgan fingerprint density at radius 3 is 2.50 bits per heavy atom. The maximum absolute atomic E-state index is 13.3. The summed E-state index contributed by atoms with van der Waals surface area (Å²) in [5.41, 5.74) is 4.30. The summed E-state index contributed by atoms with van der Waals surface area (Å²) >= 11 is 0. The number of likely N-dealkylation sites (N-methyl/N-ethyl adjacent to an activating group) is 1. The Morgan fingerprint density at radius 1 is 1.06 bits per heavy atom. The molecular weight excluding hydrogens is 430 g/mol. The third-order valence-electron chi connectivity index (χ3n) is 6.49. The molecule has 0 radical (unpaired) electrons. The van der Waals surface area contributed by atoms with E-state index in [0.717, 1.165) is 25.3 Å². The first-order valence-electron chi connectivity index (χ1n) is 11.5. The van der Waals surface area contributed by atoms with Crippen molar-refractivity contribution in [2.24, 2.45) is 0 Å². The number of fused-ring (bicyclic) bond motifs is 1. The van der Waals surface area contributed by atoms with Crippen LogP contribution in [0.4, 0.5) is 11.4 Å². The van der Waals surface area contributed by atoms with E-state index >= 15 is 0 Å². The van der Waals surface area contributed by atoms with Gasteiger partial charge in [-0.25, -0.2) is 4.79 Å². The molecule has 3 heterocycles. The molecule has 2 aliphatic rings. The molecule has 34 heavy (non-hydrogen) atoms. The van der Waals surface area contributed by atoms with Gasteiger partial charge in [-0.15, -0.1) is 0 Å². The number of nitrogens with zero attached hydrogens (tertiary/aromatic N) is 2. The Bertz CT molecular complexity index is 1240. The molecule has 2 aliphatic heterocycles. The fraction of sp³-hybridized carbons (Fsp3) is 0.259. The van der Waals surface area contributed by atoms with Gasteiger partial charge in [-0.1, -0.05) is 18.6 Å². The number of carbonyl (C=O) groups is 2.